The maximum atomic E-state index is 15.1. The number of benzene rings is 8. The van der Waals surface area contributed by atoms with Gasteiger partial charge in [-0.2, -0.15) is 57.9 Å². The van der Waals surface area contributed by atoms with Crippen molar-refractivity contribution in [2.75, 3.05) is 0 Å². The van der Waals surface area contributed by atoms with Crippen LogP contribution in [0.5, 0.6) is 0 Å². The monoisotopic (exact) mass is 947 g/mol. The average molecular weight is 948 g/mol. The molecule has 10 rings (SSSR count). The summed E-state index contributed by atoms with van der Waals surface area (Å²) >= 11 is 0. The molecule has 2 aromatic heterocycles. The second-order valence-corrected chi connectivity index (χ2v) is 16.5. The Morgan fingerprint density at radius 2 is 0.855 bits per heavy atom. The zero-order chi connectivity index (χ0) is 48.9. The minimum Gasteiger partial charge on any atom is -0.309 e. The van der Waals surface area contributed by atoms with Crippen molar-refractivity contribution >= 4 is 43.6 Å². The second kappa shape index (κ2) is 15.8. The number of hydrogen-bond donors (Lipinski definition) is 0. The highest BCUT2D eigenvalue weighted by Gasteiger charge is 2.39. The van der Waals surface area contributed by atoms with Crippen LogP contribution in [-0.4, -0.2) is 9.13 Å². The van der Waals surface area contributed by atoms with Gasteiger partial charge in [0.25, 0.3) is 0 Å². The molecule has 0 aliphatic rings. The van der Waals surface area contributed by atoms with Crippen LogP contribution >= 0.6 is 0 Å². The van der Waals surface area contributed by atoms with E-state index in [1.165, 1.54) is 60.7 Å². The molecule has 0 amide bonds. The largest absolute Gasteiger partial charge is 0.417 e. The van der Waals surface area contributed by atoms with Gasteiger partial charge in [0.1, 0.15) is 6.07 Å². The van der Waals surface area contributed by atoms with Gasteiger partial charge in [0.2, 0.25) is 0 Å². The lowest BCUT2D eigenvalue weighted by molar-refractivity contribution is -0.143. The van der Waals surface area contributed by atoms with Gasteiger partial charge >= 0.3 is 24.7 Å². The number of aromatic nitrogens is 2. The fourth-order valence-electron chi connectivity index (χ4n) is 9.37. The minimum atomic E-state index is -5.18. The lowest BCUT2D eigenvalue weighted by Gasteiger charge is -2.21. The minimum absolute atomic E-state index is 0.0105. The molecule has 0 spiro atoms. The van der Waals surface area contributed by atoms with Gasteiger partial charge in [-0.05, 0) is 108 Å². The summed E-state index contributed by atoms with van der Waals surface area (Å²) < 4.78 is 176. The van der Waals surface area contributed by atoms with E-state index in [2.05, 4.69) is 6.07 Å². The zero-order valence-corrected chi connectivity index (χ0v) is 35.4. The number of fused-ring (bicyclic) bond motifs is 6. The quantitative estimate of drug-likeness (QED) is 0.158. The van der Waals surface area contributed by atoms with Gasteiger partial charge < -0.3 is 9.13 Å². The first-order valence-corrected chi connectivity index (χ1v) is 20.9. The van der Waals surface area contributed by atoms with Crippen LogP contribution < -0.4 is 0 Å². The van der Waals surface area contributed by atoms with Crippen molar-refractivity contribution in [3.63, 3.8) is 0 Å². The number of halogens is 12. The van der Waals surface area contributed by atoms with Crippen molar-refractivity contribution < 1.29 is 52.7 Å². The molecular formula is C54H29F12N3. The van der Waals surface area contributed by atoms with E-state index in [9.17, 15) is 44.8 Å². The van der Waals surface area contributed by atoms with Crippen LogP contribution in [0.15, 0.2) is 158 Å². The van der Waals surface area contributed by atoms with Gasteiger partial charge in [-0.1, -0.05) is 90.5 Å². The molecule has 0 bridgehead atoms. The third-order valence-electron chi connectivity index (χ3n) is 12.3. The molecule has 0 aliphatic heterocycles. The molecule has 15 heteroatoms. The van der Waals surface area contributed by atoms with Gasteiger partial charge in [-0.3, -0.25) is 0 Å². The summed E-state index contributed by atoms with van der Waals surface area (Å²) in [6.45, 7) is 1.55. The van der Waals surface area contributed by atoms with Gasteiger partial charge in [0.05, 0.1) is 61.3 Å². The van der Waals surface area contributed by atoms with Crippen LogP contribution in [0.4, 0.5) is 52.7 Å². The number of nitrogens with zero attached hydrogens (tertiary/aromatic N) is 3. The summed E-state index contributed by atoms with van der Waals surface area (Å²) in [5.74, 6) is 0. The molecule has 0 aliphatic carbocycles. The number of para-hydroxylation sites is 2. The molecule has 0 saturated carbocycles. The second-order valence-electron chi connectivity index (χ2n) is 16.5. The average Bonchev–Trinajstić information content (AvgIpc) is 3.82. The predicted octanol–water partition coefficient (Wildman–Crippen LogP) is 17.1. The first-order chi connectivity index (χ1) is 32.6. The van der Waals surface area contributed by atoms with E-state index in [1.807, 2.05) is 0 Å². The molecule has 3 nitrogen and oxygen atoms in total. The van der Waals surface area contributed by atoms with Crippen molar-refractivity contribution in [1.29, 1.82) is 5.26 Å². The van der Waals surface area contributed by atoms with Gasteiger partial charge in [0, 0.05) is 27.1 Å². The highest BCUT2D eigenvalue weighted by Crippen LogP contribution is 2.47. The number of aryl methyl sites for hydroxylation is 1. The van der Waals surface area contributed by atoms with E-state index in [4.69, 9.17) is 0 Å². The molecule has 69 heavy (non-hydrogen) atoms. The summed E-state index contributed by atoms with van der Waals surface area (Å²) in [4.78, 5) is 0. The summed E-state index contributed by atoms with van der Waals surface area (Å²) in [5, 5.41) is 12.8. The van der Waals surface area contributed by atoms with Crippen LogP contribution in [0, 0.1) is 18.3 Å². The van der Waals surface area contributed by atoms with Crippen molar-refractivity contribution in [3.8, 4) is 50.8 Å². The van der Waals surface area contributed by atoms with Crippen molar-refractivity contribution in [2.45, 2.75) is 31.6 Å². The van der Waals surface area contributed by atoms with Crippen LogP contribution in [0.3, 0.4) is 0 Å². The molecule has 0 saturated heterocycles. The Labute approximate surface area is 383 Å². The maximum absolute atomic E-state index is 15.1. The Morgan fingerprint density at radius 3 is 1.39 bits per heavy atom. The van der Waals surface area contributed by atoms with Crippen molar-refractivity contribution in [3.05, 3.63) is 191 Å². The fraction of sp³-hybridized carbons (Fsp3) is 0.0926. The van der Waals surface area contributed by atoms with Crippen molar-refractivity contribution in [1.82, 2.24) is 9.13 Å². The standard InChI is InChI=1S/C54H29F12N3/c1-29-14-18-34(43(22-29)53(61,62)63)30-16-21-48-40(23-30)38-10-4-7-13-46(38)69(48)50-25-32(28-67)49(27-41(50)36-8-2-5-11-42(36)52(58,59)60)68-45-12-6-3-9-37(45)39-24-31(15-20-47(39)68)35-19-17-33(51(55,56)57)26-44(35)54(64,65)66/h2-27H,1H3. The summed E-state index contributed by atoms with van der Waals surface area (Å²) in [6, 6.07) is 37.4. The van der Waals surface area contributed by atoms with E-state index in [1.54, 1.807) is 82.8 Å². The van der Waals surface area contributed by atoms with Crippen LogP contribution in [0.2, 0.25) is 0 Å². The smallest absolute Gasteiger partial charge is 0.309 e. The number of alkyl halides is 12. The molecule has 10 aromatic rings. The maximum Gasteiger partial charge on any atom is 0.417 e. The number of rotatable bonds is 5. The number of hydrogen-bond acceptors (Lipinski definition) is 1. The molecule has 0 radical (unpaired) electrons. The normalized spacial score (nSPS) is 12.7. The summed E-state index contributed by atoms with van der Waals surface area (Å²) in [5.41, 5.74) is -3.52. The zero-order valence-electron chi connectivity index (χ0n) is 35.4. The van der Waals surface area contributed by atoms with E-state index >= 15 is 13.2 Å². The van der Waals surface area contributed by atoms with E-state index in [-0.39, 0.29) is 50.8 Å². The van der Waals surface area contributed by atoms with Gasteiger partial charge in [-0.25, -0.2) is 0 Å². The Morgan fingerprint density at radius 1 is 0.377 bits per heavy atom. The Kier molecular flexibility index (Phi) is 10.3. The summed E-state index contributed by atoms with van der Waals surface area (Å²) in [6.07, 6.45) is -19.8. The fourth-order valence-corrected chi connectivity index (χ4v) is 9.37. The molecule has 344 valence electrons. The molecule has 2 heterocycles. The number of nitriles is 1. The SMILES string of the molecule is Cc1ccc(-c2ccc3c(c2)c2ccccc2n3-c2cc(C#N)c(-n3c4ccccc4c4cc(-c5ccc(C(F)(F)F)cc5C(F)(F)F)ccc43)cc2-c2ccccc2C(F)(F)F)c(C(F)(F)F)c1. The third kappa shape index (κ3) is 7.60. The predicted molar refractivity (Wildman–Crippen MR) is 241 cm³/mol. The van der Waals surface area contributed by atoms with E-state index in [0.717, 1.165) is 18.2 Å². The molecule has 0 unspecified atom stereocenters. The van der Waals surface area contributed by atoms with Crippen LogP contribution in [-0.2, 0) is 24.7 Å². The molecular weight excluding hydrogens is 919 g/mol. The van der Waals surface area contributed by atoms with E-state index in [0.29, 0.717) is 55.2 Å². The third-order valence-corrected chi connectivity index (χ3v) is 12.3. The van der Waals surface area contributed by atoms with Gasteiger partial charge in [-0.15, -0.1) is 0 Å². The summed E-state index contributed by atoms with van der Waals surface area (Å²) in [7, 11) is 0. The Hall–Kier alpha value is -7.99. The highest BCUT2D eigenvalue weighted by atomic mass is 19.4. The molecule has 0 N–H and O–H groups in total. The first kappa shape index (κ1) is 44.8. The first-order valence-electron chi connectivity index (χ1n) is 20.9. The lowest BCUT2D eigenvalue weighted by Crippen LogP contribution is -2.12. The topological polar surface area (TPSA) is 33.6 Å². The molecule has 8 aromatic carbocycles. The molecule has 0 atom stereocenters. The Balaban J connectivity index is 1.26. The highest BCUT2D eigenvalue weighted by molar-refractivity contribution is 6.12. The molecule has 0 fully saturated rings. The lowest BCUT2D eigenvalue weighted by atomic mass is 9.94. The Bertz CT molecular complexity index is 3760. The van der Waals surface area contributed by atoms with Gasteiger partial charge in [0.15, 0.2) is 0 Å². The van der Waals surface area contributed by atoms with Crippen LogP contribution in [0.1, 0.15) is 33.4 Å². The van der Waals surface area contributed by atoms with E-state index < -0.39 is 52.5 Å². The van der Waals surface area contributed by atoms with Crippen molar-refractivity contribution in [2.24, 2.45) is 0 Å². The van der Waals surface area contributed by atoms with Crippen LogP contribution in [0.25, 0.3) is 88.4 Å².